The van der Waals surface area contributed by atoms with Crippen LogP contribution in [-0.2, 0) is 16.2 Å². The first-order valence-electron chi connectivity index (χ1n) is 20.5. The van der Waals surface area contributed by atoms with Gasteiger partial charge in [-0.3, -0.25) is 19.4 Å². The van der Waals surface area contributed by atoms with Gasteiger partial charge in [0.1, 0.15) is 11.8 Å². The second kappa shape index (κ2) is 17.4. The number of hydrogen-bond acceptors (Lipinski definition) is 10. The third-order valence-corrected chi connectivity index (χ3v) is 13.4. The molecule has 0 spiro atoms. The Bertz CT molecular complexity index is 1870. The summed E-state index contributed by atoms with van der Waals surface area (Å²) in [4.78, 5) is 43.6. The molecule has 2 aromatic carbocycles. The lowest BCUT2D eigenvalue weighted by Gasteiger charge is -2.62. The normalized spacial score (nSPS) is 26.9. The number of pyridine rings is 1. The summed E-state index contributed by atoms with van der Waals surface area (Å²) in [5, 5.41) is 19.4. The van der Waals surface area contributed by atoms with Crippen LogP contribution in [-0.4, -0.2) is 111 Å². The third kappa shape index (κ3) is 8.71. The van der Waals surface area contributed by atoms with Gasteiger partial charge < -0.3 is 36.0 Å². The summed E-state index contributed by atoms with van der Waals surface area (Å²) < 4.78 is 6.14. The molecule has 2 bridgehead atoms. The molecule has 5 N–H and O–H groups in total. The molecule has 2 amide bonds. The minimum atomic E-state index is -0.828. The molecule has 12 nitrogen and oxygen atoms in total. The van der Waals surface area contributed by atoms with Crippen molar-refractivity contribution in [1.29, 1.82) is 0 Å². The fourth-order valence-electron chi connectivity index (χ4n) is 9.86. The number of hydrogen-bond donors (Lipinski definition) is 4. The van der Waals surface area contributed by atoms with Gasteiger partial charge in [-0.2, -0.15) is 5.06 Å². The van der Waals surface area contributed by atoms with Crippen molar-refractivity contribution in [3.8, 4) is 16.9 Å². The molecule has 10 atom stereocenters. The lowest BCUT2D eigenvalue weighted by atomic mass is 9.45. The second-order valence-electron chi connectivity index (χ2n) is 17.8. The molecule has 310 valence electrons. The maximum Gasteiger partial charge on any atom is 0.251 e. The van der Waals surface area contributed by atoms with Gasteiger partial charge >= 0.3 is 0 Å². The van der Waals surface area contributed by atoms with Gasteiger partial charge in [0.05, 0.1) is 25.9 Å². The summed E-state index contributed by atoms with van der Waals surface area (Å²) in [7, 11) is 9.52. The minimum Gasteiger partial charge on any atom is -0.496 e. The van der Waals surface area contributed by atoms with E-state index in [0.29, 0.717) is 41.0 Å². The van der Waals surface area contributed by atoms with Gasteiger partial charge in [-0.1, -0.05) is 52.0 Å². The highest BCUT2D eigenvalue weighted by Crippen LogP contribution is 2.61. The lowest BCUT2D eigenvalue weighted by molar-refractivity contribution is -0.175. The van der Waals surface area contributed by atoms with Crippen LogP contribution in [0.25, 0.3) is 11.1 Å². The van der Waals surface area contributed by atoms with Crippen LogP contribution in [0.1, 0.15) is 75.0 Å². The molecule has 3 aromatic rings. The van der Waals surface area contributed by atoms with Crippen LogP contribution in [0, 0.1) is 29.1 Å². The van der Waals surface area contributed by atoms with E-state index in [0.717, 1.165) is 34.5 Å². The monoisotopic (exact) mass is 784 g/mol. The number of carbonyl (C=O) groups excluding carboxylic acids is 2. The fourth-order valence-corrected chi connectivity index (χ4v) is 9.86. The molecule has 1 aliphatic heterocycles. The van der Waals surface area contributed by atoms with Gasteiger partial charge in [-0.15, -0.1) is 0 Å². The summed E-state index contributed by atoms with van der Waals surface area (Å²) in [6.07, 6.45) is 2.58. The van der Waals surface area contributed by atoms with E-state index >= 15 is 0 Å². The number of benzene rings is 2. The molecule has 3 saturated carbocycles. The number of ether oxygens (including phenoxy) is 1. The van der Waals surface area contributed by atoms with E-state index < -0.39 is 24.2 Å². The van der Waals surface area contributed by atoms with Gasteiger partial charge in [0.25, 0.3) is 5.91 Å². The van der Waals surface area contributed by atoms with Crippen LogP contribution in [0.15, 0.2) is 60.8 Å². The predicted octanol–water partition coefficient (Wildman–Crippen LogP) is 4.91. The molecule has 7 rings (SSSR count). The van der Waals surface area contributed by atoms with E-state index in [1.54, 1.807) is 25.3 Å². The molecule has 4 aliphatic rings. The first-order chi connectivity index (χ1) is 27.0. The first kappa shape index (κ1) is 42.5. The molecule has 0 radical (unpaired) electrons. The summed E-state index contributed by atoms with van der Waals surface area (Å²) in [5.41, 5.74) is 11.2. The zero-order valence-corrected chi connectivity index (χ0v) is 35.5. The summed E-state index contributed by atoms with van der Waals surface area (Å²) in [6, 6.07) is 16.7. The molecule has 3 aliphatic carbocycles. The van der Waals surface area contributed by atoms with Gasteiger partial charge in [0.15, 0.2) is 0 Å². The van der Waals surface area contributed by atoms with Crippen LogP contribution < -0.4 is 26.0 Å². The number of methoxy groups -OCH3 is 1. The topological polar surface area (TPSA) is 146 Å². The van der Waals surface area contributed by atoms with Gasteiger partial charge in [0.2, 0.25) is 5.91 Å². The number of aliphatic hydroxyl groups is 1. The number of aliphatic hydroxyl groups excluding tert-OH is 1. The van der Waals surface area contributed by atoms with Crippen molar-refractivity contribution in [2.24, 2.45) is 34.8 Å². The molecule has 1 aromatic heterocycles. The Morgan fingerprint density at radius 2 is 1.84 bits per heavy atom. The average Bonchev–Trinajstić information content (AvgIpc) is 3.56. The highest BCUT2D eigenvalue weighted by molar-refractivity contribution is 5.97. The molecule has 57 heavy (non-hydrogen) atoms. The fraction of sp³-hybridized carbons (Fsp3) is 0.578. The Morgan fingerprint density at radius 3 is 2.44 bits per heavy atom. The SMILES string of the molecule is COc1c(CN2OC(CN)[C@@H]([C@H](C)O)C2C(=O)N[C@H]2C[C@H]3C[C@@H]([C@@H]2C)C3(C)C)cccc1-c1cc(C(=O)NC(CN(C)C)[C@@H](C)c2ccccn2)cc(N(C)C)c1. The maximum atomic E-state index is 14.4. The summed E-state index contributed by atoms with van der Waals surface area (Å²) in [6.45, 7) is 11.8. The van der Waals surface area contributed by atoms with Crippen molar-refractivity contribution in [3.63, 3.8) is 0 Å². The summed E-state index contributed by atoms with van der Waals surface area (Å²) in [5.74, 6) is 1.22. The third-order valence-electron chi connectivity index (χ3n) is 13.4. The zero-order chi connectivity index (χ0) is 41.3. The standard InChI is InChI=1S/C45H65N7O5/c1-26-35-21-32(45(35,4)5)22-37(26)48-44(55)41-40(28(3)53)39(23-46)57-52(41)24-29-14-13-15-34(42(29)56-10)30-18-31(20-33(19-30)51(8)9)43(54)49-38(25-50(6)7)27(2)36-16-11-12-17-47-36/h11-20,26-28,32,35,37-41,53H,21-25,46H2,1-10H3,(H,48,55)(H,49,54)/t26-,27-,28-,32+,35-,37-,38?,39?,40+,41?/m0/s1. The van der Waals surface area contributed by atoms with E-state index in [2.05, 4.69) is 48.2 Å². The highest BCUT2D eigenvalue weighted by atomic mass is 16.7. The van der Waals surface area contributed by atoms with E-state index in [9.17, 15) is 14.7 Å². The van der Waals surface area contributed by atoms with Crippen LogP contribution >= 0.6 is 0 Å². The van der Waals surface area contributed by atoms with E-state index in [1.807, 2.05) is 87.7 Å². The summed E-state index contributed by atoms with van der Waals surface area (Å²) >= 11 is 0. The van der Waals surface area contributed by atoms with E-state index in [4.69, 9.17) is 15.3 Å². The maximum absolute atomic E-state index is 14.4. The predicted molar refractivity (Wildman–Crippen MR) is 225 cm³/mol. The van der Waals surface area contributed by atoms with Crippen LogP contribution in [0.3, 0.4) is 0 Å². The van der Waals surface area contributed by atoms with Gasteiger partial charge in [0, 0.05) is 85.4 Å². The quantitative estimate of drug-likeness (QED) is 0.168. The Kier molecular flexibility index (Phi) is 13.0. The molecular formula is C45H65N7O5. The van der Waals surface area contributed by atoms with Crippen molar-refractivity contribution >= 4 is 17.5 Å². The number of hydroxylamine groups is 2. The average molecular weight is 784 g/mol. The number of likely N-dealkylation sites (N-methyl/N-ethyl adjacent to an activating group) is 1. The van der Waals surface area contributed by atoms with E-state index in [-0.39, 0.29) is 42.9 Å². The number of amides is 2. The number of anilines is 1. The number of aromatic nitrogens is 1. The number of carbonyl (C=O) groups is 2. The Balaban J connectivity index is 1.29. The largest absolute Gasteiger partial charge is 0.496 e. The van der Waals surface area contributed by atoms with Crippen molar-refractivity contribution in [1.82, 2.24) is 25.6 Å². The Hall–Kier alpha value is -4.07. The highest BCUT2D eigenvalue weighted by Gasteiger charge is 2.57. The molecule has 3 unspecified atom stereocenters. The molecule has 2 heterocycles. The Labute approximate surface area is 339 Å². The molecule has 4 fully saturated rings. The number of para-hydroxylation sites is 1. The minimum absolute atomic E-state index is 0.0272. The number of nitrogens with two attached hydrogens (primary N) is 1. The van der Waals surface area contributed by atoms with E-state index in [1.165, 1.54) is 6.42 Å². The van der Waals surface area contributed by atoms with Gasteiger partial charge in [-0.05, 0) is 92.9 Å². The molecule has 12 heteroatoms. The number of rotatable bonds is 15. The Morgan fingerprint density at radius 1 is 1.09 bits per heavy atom. The van der Waals surface area contributed by atoms with Crippen molar-refractivity contribution in [3.05, 3.63) is 77.6 Å². The number of nitrogens with zero attached hydrogens (tertiary/aromatic N) is 4. The number of fused-ring (bicyclic) bond motifs is 2. The van der Waals surface area contributed by atoms with Crippen molar-refractivity contribution < 1.29 is 24.3 Å². The number of nitrogens with one attached hydrogen (secondary N) is 2. The smallest absolute Gasteiger partial charge is 0.251 e. The van der Waals surface area contributed by atoms with Crippen LogP contribution in [0.4, 0.5) is 5.69 Å². The second-order valence-corrected chi connectivity index (χ2v) is 17.8. The molecular weight excluding hydrogens is 719 g/mol. The first-order valence-corrected chi connectivity index (χ1v) is 20.5. The van der Waals surface area contributed by atoms with Crippen molar-refractivity contribution in [2.45, 2.75) is 90.3 Å². The lowest BCUT2D eigenvalue weighted by Crippen LogP contribution is -2.62. The van der Waals surface area contributed by atoms with Gasteiger partial charge in [-0.25, -0.2) is 0 Å². The van der Waals surface area contributed by atoms with Crippen molar-refractivity contribution in [2.75, 3.05) is 53.3 Å². The molecule has 1 saturated heterocycles. The van der Waals surface area contributed by atoms with Crippen LogP contribution in [0.5, 0.6) is 5.75 Å². The zero-order valence-electron chi connectivity index (χ0n) is 35.5. The van der Waals surface area contributed by atoms with Crippen LogP contribution in [0.2, 0.25) is 0 Å².